The van der Waals surface area contributed by atoms with Crippen molar-refractivity contribution >= 4 is 97.9 Å². The molecule has 0 amide bonds. The molecule has 0 aliphatic heterocycles. The fraction of sp³-hybridized carbons (Fsp3) is 0.0385. The summed E-state index contributed by atoms with van der Waals surface area (Å²) in [7, 11) is 0. The van der Waals surface area contributed by atoms with Gasteiger partial charge in [-0.2, -0.15) is 0 Å². The van der Waals surface area contributed by atoms with E-state index in [2.05, 4.69) is 170 Å². The van der Waals surface area contributed by atoms with Crippen LogP contribution in [-0.4, -0.2) is 0 Å². The predicted octanol–water partition coefficient (Wildman–Crippen LogP) is 13.8. The van der Waals surface area contributed by atoms with E-state index in [1.165, 1.54) is 96.1 Å². The minimum Gasteiger partial charge on any atom is -0.456 e. The highest BCUT2D eigenvalue weighted by molar-refractivity contribution is 7.25. The molecule has 11 aromatic rings. The molecule has 0 bridgehead atoms. The molecule has 0 saturated heterocycles. The summed E-state index contributed by atoms with van der Waals surface area (Å²) in [6.45, 7) is 0. The highest BCUT2D eigenvalue weighted by Crippen LogP contribution is 2.42. The maximum atomic E-state index is 6.57. The summed E-state index contributed by atoms with van der Waals surface area (Å²) >= 11 is 1.87. The van der Waals surface area contributed by atoms with E-state index in [4.69, 9.17) is 4.42 Å². The van der Waals surface area contributed by atoms with Gasteiger partial charge in [-0.3, -0.25) is 0 Å². The van der Waals surface area contributed by atoms with Crippen molar-refractivity contribution in [1.29, 1.82) is 0 Å². The minimum atomic E-state index is 0.921. The molecule has 0 unspecified atom stereocenters. The van der Waals surface area contributed by atoms with Crippen LogP contribution in [0.1, 0.15) is 12.8 Å². The summed E-state index contributed by atoms with van der Waals surface area (Å²) in [5, 5.41) is 15.3. The molecular weight excluding hydrogens is 673 g/mol. The SMILES string of the molecule is C1=c2c(-c3ccccc3)c3ccccc3c(-c3ccc4cc(-c5ccc6c(c5)oc5ccc7cc8sc9ccccc9c8cc7c56)ccc4c3)c2=CCC1. The number of hydrogen-bond donors (Lipinski definition) is 0. The van der Waals surface area contributed by atoms with Crippen molar-refractivity contribution in [3.63, 3.8) is 0 Å². The lowest BCUT2D eigenvalue weighted by atomic mass is 9.86. The standard InChI is InChI=1S/C52H32OS/c1-2-10-31(11-3-1)50-39-13-4-6-15-41(39)51(42-16-7-5-14-40(42)50)37-21-20-32-26-33(18-19-34(32)27-37)35-22-24-43-47(28-35)53-46-25-23-36-29-49-45(30-44(36)52(43)46)38-12-8-9-17-48(38)54-49/h1-4,6,8-30H,5,7H2. The maximum absolute atomic E-state index is 6.57. The van der Waals surface area contributed by atoms with Crippen LogP contribution in [0.15, 0.2) is 162 Å². The Morgan fingerprint density at radius 3 is 1.80 bits per heavy atom. The monoisotopic (exact) mass is 704 g/mol. The first-order valence-electron chi connectivity index (χ1n) is 18.8. The Kier molecular flexibility index (Phi) is 6.40. The molecule has 2 heteroatoms. The van der Waals surface area contributed by atoms with Gasteiger partial charge in [0.05, 0.1) is 0 Å². The molecule has 1 aliphatic carbocycles. The second-order valence-corrected chi connectivity index (χ2v) is 15.8. The van der Waals surface area contributed by atoms with E-state index in [0.29, 0.717) is 0 Å². The van der Waals surface area contributed by atoms with Crippen molar-refractivity contribution in [3.05, 3.63) is 168 Å². The van der Waals surface area contributed by atoms with E-state index < -0.39 is 0 Å². The van der Waals surface area contributed by atoms with Crippen LogP contribution in [0, 0.1) is 0 Å². The normalized spacial score (nSPS) is 13.0. The number of rotatable bonds is 3. The van der Waals surface area contributed by atoms with Gasteiger partial charge in [0.2, 0.25) is 0 Å². The van der Waals surface area contributed by atoms with E-state index >= 15 is 0 Å². The van der Waals surface area contributed by atoms with Gasteiger partial charge in [-0.05, 0) is 138 Å². The number of fused-ring (bicyclic) bond motifs is 11. The average Bonchev–Trinajstić information content (AvgIpc) is 3.79. The molecule has 1 aliphatic rings. The van der Waals surface area contributed by atoms with Crippen LogP contribution in [0.2, 0.25) is 0 Å². The Balaban J connectivity index is 0.976. The topological polar surface area (TPSA) is 13.1 Å². The average molecular weight is 705 g/mol. The summed E-state index contributed by atoms with van der Waals surface area (Å²) < 4.78 is 9.22. The molecule has 2 heterocycles. The Morgan fingerprint density at radius 1 is 0.370 bits per heavy atom. The van der Waals surface area contributed by atoms with Gasteiger partial charge in [0, 0.05) is 30.9 Å². The molecule has 12 rings (SSSR count). The molecule has 54 heavy (non-hydrogen) atoms. The van der Waals surface area contributed by atoms with Crippen molar-refractivity contribution in [1.82, 2.24) is 0 Å². The number of hydrogen-bond acceptors (Lipinski definition) is 2. The quantitative estimate of drug-likeness (QED) is 0.178. The first kappa shape index (κ1) is 30.0. The second-order valence-electron chi connectivity index (χ2n) is 14.7. The Bertz CT molecular complexity index is 3490. The molecule has 0 fully saturated rings. The summed E-state index contributed by atoms with van der Waals surface area (Å²) in [6, 6.07) is 58.2. The van der Waals surface area contributed by atoms with Gasteiger partial charge < -0.3 is 4.42 Å². The van der Waals surface area contributed by atoms with Crippen LogP contribution in [0.3, 0.4) is 0 Å². The third-order valence-corrected chi connectivity index (χ3v) is 12.8. The van der Waals surface area contributed by atoms with Crippen molar-refractivity contribution in [3.8, 4) is 33.4 Å². The van der Waals surface area contributed by atoms with E-state index in [9.17, 15) is 0 Å². The molecule has 0 saturated carbocycles. The van der Waals surface area contributed by atoms with Crippen molar-refractivity contribution < 1.29 is 4.42 Å². The summed E-state index contributed by atoms with van der Waals surface area (Å²) in [5.74, 6) is 0. The fourth-order valence-corrected chi connectivity index (χ4v) is 10.3. The van der Waals surface area contributed by atoms with E-state index in [0.717, 1.165) is 35.0 Å². The molecule has 0 atom stereocenters. The molecule has 0 spiro atoms. The van der Waals surface area contributed by atoms with Gasteiger partial charge in [-0.1, -0.05) is 121 Å². The van der Waals surface area contributed by atoms with Crippen LogP contribution >= 0.6 is 11.3 Å². The van der Waals surface area contributed by atoms with Crippen LogP contribution in [0.5, 0.6) is 0 Å². The second kappa shape index (κ2) is 11.5. The van der Waals surface area contributed by atoms with Gasteiger partial charge in [0.1, 0.15) is 11.2 Å². The summed E-state index contributed by atoms with van der Waals surface area (Å²) in [5.41, 5.74) is 9.41. The number of benzene rings is 9. The number of thiophene rings is 1. The zero-order valence-electron chi connectivity index (χ0n) is 29.4. The van der Waals surface area contributed by atoms with Crippen LogP contribution < -0.4 is 10.4 Å². The Labute approximate surface area is 315 Å². The van der Waals surface area contributed by atoms with Gasteiger partial charge in [0.25, 0.3) is 0 Å². The maximum Gasteiger partial charge on any atom is 0.136 e. The lowest BCUT2D eigenvalue weighted by Gasteiger charge is -2.18. The molecule has 252 valence electrons. The molecule has 2 aromatic heterocycles. The molecule has 0 radical (unpaired) electrons. The van der Waals surface area contributed by atoms with Gasteiger partial charge in [-0.25, -0.2) is 0 Å². The first-order valence-corrected chi connectivity index (χ1v) is 19.6. The lowest BCUT2D eigenvalue weighted by molar-refractivity contribution is 0.669. The first-order chi connectivity index (χ1) is 26.7. The predicted molar refractivity (Wildman–Crippen MR) is 233 cm³/mol. The zero-order chi connectivity index (χ0) is 35.3. The molecule has 0 N–H and O–H groups in total. The van der Waals surface area contributed by atoms with E-state index in [1.807, 2.05) is 11.3 Å². The lowest BCUT2D eigenvalue weighted by Crippen LogP contribution is -2.31. The Morgan fingerprint density at radius 2 is 1.00 bits per heavy atom. The van der Waals surface area contributed by atoms with Gasteiger partial charge in [-0.15, -0.1) is 11.3 Å². The highest BCUT2D eigenvalue weighted by Gasteiger charge is 2.17. The molecule has 9 aromatic carbocycles. The smallest absolute Gasteiger partial charge is 0.136 e. The largest absolute Gasteiger partial charge is 0.456 e. The fourth-order valence-electron chi connectivity index (χ4n) is 9.16. The third-order valence-electron chi connectivity index (χ3n) is 11.6. The van der Waals surface area contributed by atoms with Crippen LogP contribution in [-0.2, 0) is 0 Å². The number of furan rings is 1. The van der Waals surface area contributed by atoms with Gasteiger partial charge >= 0.3 is 0 Å². The van der Waals surface area contributed by atoms with E-state index in [1.54, 1.807) is 0 Å². The third kappa shape index (κ3) is 4.44. The van der Waals surface area contributed by atoms with Crippen molar-refractivity contribution in [2.75, 3.05) is 0 Å². The van der Waals surface area contributed by atoms with Crippen molar-refractivity contribution in [2.45, 2.75) is 12.8 Å². The van der Waals surface area contributed by atoms with Crippen LogP contribution in [0.25, 0.3) is 120 Å². The highest BCUT2D eigenvalue weighted by atomic mass is 32.1. The summed E-state index contributed by atoms with van der Waals surface area (Å²) in [4.78, 5) is 0. The molecule has 1 nitrogen and oxygen atoms in total. The van der Waals surface area contributed by atoms with Crippen molar-refractivity contribution in [2.24, 2.45) is 0 Å². The molecular formula is C52H32OS. The summed E-state index contributed by atoms with van der Waals surface area (Å²) in [6.07, 6.45) is 7.04. The van der Waals surface area contributed by atoms with Gasteiger partial charge in [0.15, 0.2) is 0 Å². The van der Waals surface area contributed by atoms with E-state index in [-0.39, 0.29) is 0 Å². The minimum absolute atomic E-state index is 0.921. The van der Waals surface area contributed by atoms with Crippen LogP contribution in [0.4, 0.5) is 0 Å². The Hall–Kier alpha value is -6.48. The zero-order valence-corrected chi connectivity index (χ0v) is 30.2.